The predicted molar refractivity (Wildman–Crippen MR) is 79.2 cm³/mol. The quantitative estimate of drug-likeness (QED) is 0.890. The van der Waals surface area contributed by atoms with Crippen LogP contribution in [0.4, 0.5) is 0 Å². The van der Waals surface area contributed by atoms with Crippen molar-refractivity contribution in [2.75, 3.05) is 19.6 Å². The van der Waals surface area contributed by atoms with Crippen molar-refractivity contribution in [2.45, 2.75) is 26.2 Å². The molecule has 2 N–H and O–H groups in total. The van der Waals surface area contributed by atoms with Crippen molar-refractivity contribution in [1.82, 2.24) is 10.6 Å². The normalized spacial score (nSPS) is 18.6. The van der Waals surface area contributed by atoms with Gasteiger partial charge in [-0.15, -0.1) is 11.3 Å². The zero-order chi connectivity index (χ0) is 13.0. The molecule has 1 aliphatic rings. The summed E-state index contributed by atoms with van der Waals surface area (Å²) in [6.45, 7) is 5.14. The number of carbonyl (C=O) groups excluding carboxylic acids is 1. The van der Waals surface area contributed by atoms with Crippen LogP contribution in [0, 0.1) is 5.41 Å². The summed E-state index contributed by atoms with van der Waals surface area (Å²) >= 11 is 4.86. The Hall–Kier alpha value is -0.390. The maximum Gasteiger partial charge on any atom is 0.261 e. The second-order valence-corrected chi connectivity index (χ2v) is 7.35. The summed E-state index contributed by atoms with van der Waals surface area (Å²) in [5.74, 6) is 0.0528. The molecule has 1 saturated heterocycles. The fourth-order valence-corrected chi connectivity index (χ4v) is 3.71. The van der Waals surface area contributed by atoms with Crippen molar-refractivity contribution in [1.29, 1.82) is 0 Å². The Morgan fingerprint density at radius 2 is 2.22 bits per heavy atom. The Morgan fingerprint density at radius 1 is 1.50 bits per heavy atom. The van der Waals surface area contributed by atoms with E-state index in [1.165, 1.54) is 11.3 Å². The first kappa shape index (κ1) is 14.0. The number of amides is 1. The molecule has 0 unspecified atom stereocenters. The van der Waals surface area contributed by atoms with Gasteiger partial charge in [-0.2, -0.15) is 0 Å². The Bertz CT molecular complexity index is 413. The van der Waals surface area contributed by atoms with E-state index < -0.39 is 0 Å². The highest BCUT2D eigenvalue weighted by atomic mass is 79.9. The molecular weight excluding hydrogens is 312 g/mol. The molecule has 18 heavy (non-hydrogen) atoms. The Morgan fingerprint density at radius 3 is 2.78 bits per heavy atom. The second kappa shape index (κ2) is 6.17. The fourth-order valence-electron chi connectivity index (χ4n) is 2.40. The minimum Gasteiger partial charge on any atom is -0.351 e. The number of carbonyl (C=O) groups is 1. The molecule has 0 saturated carbocycles. The topological polar surface area (TPSA) is 41.1 Å². The van der Waals surface area contributed by atoms with Crippen molar-refractivity contribution < 1.29 is 4.79 Å². The van der Waals surface area contributed by atoms with Crippen LogP contribution in [-0.2, 0) is 0 Å². The van der Waals surface area contributed by atoms with Gasteiger partial charge in [-0.3, -0.25) is 4.79 Å². The zero-order valence-corrected chi connectivity index (χ0v) is 13.0. The average molecular weight is 331 g/mol. The van der Waals surface area contributed by atoms with Gasteiger partial charge in [-0.05, 0) is 65.8 Å². The number of rotatable bonds is 4. The maximum absolute atomic E-state index is 12.0. The highest BCUT2D eigenvalue weighted by molar-refractivity contribution is 9.11. The second-order valence-electron chi connectivity index (χ2n) is 4.89. The molecule has 2 heterocycles. The molecule has 0 aromatic carbocycles. The van der Waals surface area contributed by atoms with Crippen molar-refractivity contribution in [3.05, 3.63) is 20.8 Å². The number of thiophene rings is 1. The van der Waals surface area contributed by atoms with Gasteiger partial charge in [-0.1, -0.05) is 6.92 Å². The van der Waals surface area contributed by atoms with E-state index in [0.29, 0.717) is 0 Å². The van der Waals surface area contributed by atoms with Crippen LogP contribution >= 0.6 is 27.3 Å². The Balaban J connectivity index is 1.91. The molecule has 0 atom stereocenters. The summed E-state index contributed by atoms with van der Waals surface area (Å²) < 4.78 is 1.000. The summed E-state index contributed by atoms with van der Waals surface area (Å²) in [7, 11) is 0. The molecule has 0 bridgehead atoms. The van der Waals surface area contributed by atoms with E-state index in [1.807, 2.05) is 12.1 Å². The largest absolute Gasteiger partial charge is 0.351 e. The van der Waals surface area contributed by atoms with Crippen LogP contribution in [0.25, 0.3) is 0 Å². The van der Waals surface area contributed by atoms with Crippen molar-refractivity contribution in [3.8, 4) is 0 Å². The van der Waals surface area contributed by atoms with E-state index in [1.54, 1.807) is 0 Å². The van der Waals surface area contributed by atoms with E-state index in [-0.39, 0.29) is 11.3 Å². The molecule has 1 aromatic heterocycles. The van der Waals surface area contributed by atoms with Crippen molar-refractivity contribution >= 4 is 33.2 Å². The lowest BCUT2D eigenvalue weighted by atomic mass is 9.76. The van der Waals surface area contributed by atoms with E-state index in [2.05, 4.69) is 33.5 Å². The molecule has 1 fully saturated rings. The third-order valence-corrected chi connectivity index (χ3v) is 5.46. The molecule has 1 aliphatic heterocycles. The summed E-state index contributed by atoms with van der Waals surface area (Å²) in [5, 5.41) is 6.48. The molecule has 0 aliphatic carbocycles. The van der Waals surface area contributed by atoms with Gasteiger partial charge < -0.3 is 10.6 Å². The number of hydrogen-bond acceptors (Lipinski definition) is 3. The minimum absolute atomic E-state index is 0.0528. The van der Waals surface area contributed by atoms with Gasteiger partial charge in [0.15, 0.2) is 0 Å². The first-order chi connectivity index (χ1) is 8.65. The minimum atomic E-state index is 0.0528. The van der Waals surface area contributed by atoms with Crippen LogP contribution in [0.15, 0.2) is 15.9 Å². The maximum atomic E-state index is 12.0. The molecule has 5 heteroatoms. The number of hydrogen-bond donors (Lipinski definition) is 2. The lowest BCUT2D eigenvalue weighted by molar-refractivity contribution is 0.0914. The van der Waals surface area contributed by atoms with Crippen molar-refractivity contribution in [2.24, 2.45) is 5.41 Å². The van der Waals surface area contributed by atoms with E-state index in [9.17, 15) is 4.79 Å². The van der Waals surface area contributed by atoms with Crippen LogP contribution in [0.1, 0.15) is 35.9 Å². The summed E-state index contributed by atoms with van der Waals surface area (Å²) in [6.07, 6.45) is 3.43. The zero-order valence-electron chi connectivity index (χ0n) is 10.6. The standard InChI is InChI=1S/C13H19BrN2OS/c1-2-13(5-7-15-8-6-13)9-16-12(17)10-3-4-11(14)18-10/h3-4,15H,2,5-9H2,1H3,(H,16,17). The lowest BCUT2D eigenvalue weighted by Crippen LogP contribution is -2.44. The number of nitrogens with one attached hydrogen (secondary N) is 2. The molecule has 1 aromatic rings. The van der Waals surface area contributed by atoms with Gasteiger partial charge in [-0.25, -0.2) is 0 Å². The fraction of sp³-hybridized carbons (Fsp3) is 0.615. The third kappa shape index (κ3) is 3.33. The Labute approximate surface area is 120 Å². The summed E-state index contributed by atoms with van der Waals surface area (Å²) in [5.41, 5.74) is 0.287. The van der Waals surface area contributed by atoms with Crippen LogP contribution < -0.4 is 10.6 Å². The average Bonchev–Trinajstić information content (AvgIpc) is 2.84. The van der Waals surface area contributed by atoms with Gasteiger partial charge in [0.25, 0.3) is 5.91 Å². The van der Waals surface area contributed by atoms with Crippen LogP contribution in [-0.4, -0.2) is 25.5 Å². The lowest BCUT2D eigenvalue weighted by Gasteiger charge is -2.37. The van der Waals surface area contributed by atoms with Crippen LogP contribution in [0.3, 0.4) is 0 Å². The van der Waals surface area contributed by atoms with Gasteiger partial charge >= 0.3 is 0 Å². The van der Waals surface area contributed by atoms with Crippen LogP contribution in [0.5, 0.6) is 0 Å². The van der Waals surface area contributed by atoms with Gasteiger partial charge in [0.05, 0.1) is 8.66 Å². The highest BCUT2D eigenvalue weighted by Crippen LogP contribution is 2.31. The molecule has 0 spiro atoms. The first-order valence-corrected chi connectivity index (χ1v) is 8.00. The Kier molecular flexibility index (Phi) is 4.81. The smallest absolute Gasteiger partial charge is 0.261 e. The molecule has 2 rings (SSSR count). The first-order valence-electron chi connectivity index (χ1n) is 6.39. The van der Waals surface area contributed by atoms with Gasteiger partial charge in [0, 0.05) is 6.54 Å². The van der Waals surface area contributed by atoms with E-state index in [0.717, 1.165) is 47.6 Å². The molecule has 100 valence electrons. The predicted octanol–water partition coefficient (Wildman–Crippen LogP) is 3.02. The van der Waals surface area contributed by atoms with E-state index in [4.69, 9.17) is 0 Å². The SMILES string of the molecule is CCC1(CNC(=O)c2ccc(Br)s2)CCNCC1. The summed E-state index contributed by atoms with van der Waals surface area (Å²) in [4.78, 5) is 12.8. The summed E-state index contributed by atoms with van der Waals surface area (Å²) in [6, 6.07) is 3.78. The van der Waals surface area contributed by atoms with Crippen molar-refractivity contribution in [3.63, 3.8) is 0 Å². The molecular formula is C13H19BrN2OS. The van der Waals surface area contributed by atoms with Gasteiger partial charge in [0.1, 0.15) is 0 Å². The molecule has 0 radical (unpaired) electrons. The third-order valence-electron chi connectivity index (χ3n) is 3.84. The molecule has 1 amide bonds. The molecule has 3 nitrogen and oxygen atoms in total. The van der Waals surface area contributed by atoms with Crippen LogP contribution in [0.2, 0.25) is 0 Å². The number of piperidine rings is 1. The number of halogens is 1. The van der Waals surface area contributed by atoms with E-state index >= 15 is 0 Å². The monoisotopic (exact) mass is 330 g/mol. The highest BCUT2D eigenvalue weighted by Gasteiger charge is 2.30. The van der Waals surface area contributed by atoms with Gasteiger partial charge in [0.2, 0.25) is 0 Å².